The number of aromatic nitrogens is 1. The van der Waals surface area contributed by atoms with E-state index in [1.165, 1.54) is 12.1 Å². The smallest absolute Gasteiger partial charge is 0.227 e. The number of benzene rings is 2. The van der Waals surface area contributed by atoms with Gasteiger partial charge in [0.05, 0.1) is 11.6 Å². The lowest BCUT2D eigenvalue weighted by Crippen LogP contribution is -2.12. The summed E-state index contributed by atoms with van der Waals surface area (Å²) in [6.07, 6.45) is 0. The van der Waals surface area contributed by atoms with Gasteiger partial charge in [0.25, 0.3) is 0 Å². The van der Waals surface area contributed by atoms with Crippen LogP contribution in [0.2, 0.25) is 0 Å². The molecule has 1 aromatic heterocycles. The summed E-state index contributed by atoms with van der Waals surface area (Å²) in [7, 11) is 0. The molecule has 2 aromatic carbocycles. The van der Waals surface area contributed by atoms with E-state index in [1.54, 1.807) is 30.3 Å². The van der Waals surface area contributed by atoms with Crippen molar-refractivity contribution in [1.82, 2.24) is 4.98 Å². The van der Waals surface area contributed by atoms with Crippen molar-refractivity contribution in [3.63, 3.8) is 0 Å². The highest BCUT2D eigenvalue weighted by atomic mass is 35.5. The third-order valence-corrected chi connectivity index (χ3v) is 3.15. The number of halogens is 2. The number of fused-ring (bicyclic) bond motifs is 1. The van der Waals surface area contributed by atoms with E-state index in [4.69, 9.17) is 21.8 Å². The molecule has 3 rings (SSSR count). The molecule has 0 saturated carbocycles. The Kier molecular flexibility index (Phi) is 3.58. The Labute approximate surface area is 125 Å². The maximum absolute atomic E-state index is 12.9. The number of alkyl halides is 1. The van der Waals surface area contributed by atoms with Crippen molar-refractivity contribution in [3.8, 4) is 11.5 Å². The van der Waals surface area contributed by atoms with Crippen LogP contribution < -0.4 is 5.73 Å². The van der Waals surface area contributed by atoms with Gasteiger partial charge in [0.1, 0.15) is 17.2 Å². The lowest BCUT2D eigenvalue weighted by molar-refractivity contribution is 0.616. The Hall–Kier alpha value is -2.40. The normalized spacial score (nSPS) is 12.0. The average Bonchev–Trinajstić information content (AvgIpc) is 2.91. The monoisotopic (exact) mass is 303 g/mol. The number of hydrogen-bond donors (Lipinski definition) is 1. The Bertz CT molecular complexity index is 811. The summed E-state index contributed by atoms with van der Waals surface area (Å²) in [5.41, 5.74) is 8.23. The zero-order chi connectivity index (χ0) is 14.8. The second-order valence-corrected chi connectivity index (χ2v) is 4.68. The van der Waals surface area contributed by atoms with Gasteiger partial charge < -0.3 is 10.2 Å². The van der Waals surface area contributed by atoms with Crippen molar-refractivity contribution >= 4 is 34.2 Å². The van der Waals surface area contributed by atoms with Crippen molar-refractivity contribution in [1.29, 1.82) is 0 Å². The summed E-state index contributed by atoms with van der Waals surface area (Å²) < 4.78 is 18.6. The maximum Gasteiger partial charge on any atom is 0.227 e. The minimum atomic E-state index is -0.303. The lowest BCUT2D eigenvalue weighted by Gasteiger charge is -1.95. The second-order valence-electron chi connectivity index (χ2n) is 4.41. The standard InChI is InChI=1S/C15H11ClFN3O/c16-8-14(18)19-11-5-6-13-12(7-11)20-15(21-13)9-1-3-10(17)4-2-9/h1-7H,8H2,(H2,18,19). The van der Waals surface area contributed by atoms with E-state index in [2.05, 4.69) is 9.98 Å². The van der Waals surface area contributed by atoms with Gasteiger partial charge in [-0.2, -0.15) is 0 Å². The van der Waals surface area contributed by atoms with Crippen LogP contribution in [0.3, 0.4) is 0 Å². The molecule has 3 aromatic rings. The molecule has 0 radical (unpaired) electrons. The number of aliphatic imine (C=N–C) groups is 1. The molecule has 0 aliphatic carbocycles. The van der Waals surface area contributed by atoms with Crippen LogP contribution in [0.25, 0.3) is 22.6 Å². The summed E-state index contributed by atoms with van der Waals surface area (Å²) in [5.74, 6) is 0.621. The van der Waals surface area contributed by atoms with Crippen molar-refractivity contribution in [2.24, 2.45) is 10.7 Å². The SMILES string of the molecule is NC(CCl)=Nc1ccc2oc(-c3ccc(F)cc3)nc2c1. The van der Waals surface area contributed by atoms with Crippen LogP contribution in [0.15, 0.2) is 51.9 Å². The predicted octanol–water partition coefficient (Wildman–Crippen LogP) is 3.86. The first-order chi connectivity index (χ1) is 10.2. The van der Waals surface area contributed by atoms with E-state index >= 15 is 0 Å². The van der Waals surface area contributed by atoms with Crippen LogP contribution >= 0.6 is 11.6 Å². The third-order valence-electron chi connectivity index (χ3n) is 2.87. The highest BCUT2D eigenvalue weighted by Crippen LogP contribution is 2.27. The first-order valence-corrected chi connectivity index (χ1v) is 6.75. The molecule has 2 N–H and O–H groups in total. The fourth-order valence-corrected chi connectivity index (χ4v) is 1.96. The van der Waals surface area contributed by atoms with Gasteiger partial charge in [-0.25, -0.2) is 14.4 Å². The van der Waals surface area contributed by atoms with Crippen LogP contribution in [0.5, 0.6) is 0 Å². The molecular formula is C15H11ClFN3O. The molecule has 0 bridgehead atoms. The largest absolute Gasteiger partial charge is 0.436 e. The quantitative estimate of drug-likeness (QED) is 0.454. The number of rotatable bonds is 3. The van der Waals surface area contributed by atoms with Gasteiger partial charge in [-0.05, 0) is 42.5 Å². The van der Waals surface area contributed by atoms with Gasteiger partial charge in [0.2, 0.25) is 5.89 Å². The van der Waals surface area contributed by atoms with Crippen molar-refractivity contribution < 1.29 is 8.81 Å². The van der Waals surface area contributed by atoms with Crippen molar-refractivity contribution in [2.45, 2.75) is 0 Å². The van der Waals surface area contributed by atoms with Gasteiger partial charge in [0, 0.05) is 5.56 Å². The highest BCUT2D eigenvalue weighted by molar-refractivity contribution is 6.28. The van der Waals surface area contributed by atoms with Gasteiger partial charge >= 0.3 is 0 Å². The molecule has 6 heteroatoms. The lowest BCUT2D eigenvalue weighted by atomic mass is 10.2. The van der Waals surface area contributed by atoms with Gasteiger partial charge in [0.15, 0.2) is 5.58 Å². The maximum atomic E-state index is 12.9. The van der Waals surface area contributed by atoms with E-state index in [0.29, 0.717) is 34.1 Å². The number of oxazole rings is 1. The molecule has 106 valence electrons. The summed E-state index contributed by atoms with van der Waals surface area (Å²) in [5, 5.41) is 0. The number of amidine groups is 1. The predicted molar refractivity (Wildman–Crippen MR) is 81.4 cm³/mol. The summed E-state index contributed by atoms with van der Waals surface area (Å²) in [6.45, 7) is 0. The molecule has 0 unspecified atom stereocenters. The summed E-state index contributed by atoms with van der Waals surface area (Å²) in [6, 6.07) is 11.2. The summed E-state index contributed by atoms with van der Waals surface area (Å²) >= 11 is 5.60. The fraction of sp³-hybridized carbons (Fsp3) is 0.0667. The Morgan fingerprint density at radius 1 is 1.24 bits per heavy atom. The van der Waals surface area contributed by atoms with Crippen molar-refractivity contribution in [2.75, 3.05) is 5.88 Å². The molecule has 1 heterocycles. The topological polar surface area (TPSA) is 64.4 Å². The first kappa shape index (κ1) is 13.6. The van der Waals surface area contributed by atoms with Crippen LogP contribution in [-0.4, -0.2) is 16.7 Å². The zero-order valence-corrected chi connectivity index (χ0v) is 11.6. The molecule has 4 nitrogen and oxygen atoms in total. The van der Waals surface area contributed by atoms with E-state index in [-0.39, 0.29) is 11.7 Å². The molecule has 0 aliphatic rings. The van der Waals surface area contributed by atoms with E-state index < -0.39 is 0 Å². The number of nitrogens with two attached hydrogens (primary N) is 1. The molecule has 0 saturated heterocycles. The highest BCUT2D eigenvalue weighted by Gasteiger charge is 2.09. The van der Waals surface area contributed by atoms with Crippen LogP contribution in [0.1, 0.15) is 0 Å². The molecule has 0 fully saturated rings. The van der Waals surface area contributed by atoms with Gasteiger partial charge in [-0.15, -0.1) is 11.6 Å². The van der Waals surface area contributed by atoms with Crippen LogP contribution in [0, 0.1) is 5.82 Å². The molecule has 0 aliphatic heterocycles. The molecular weight excluding hydrogens is 293 g/mol. The third kappa shape index (κ3) is 2.87. The van der Waals surface area contributed by atoms with E-state index in [9.17, 15) is 4.39 Å². The van der Waals surface area contributed by atoms with Gasteiger partial charge in [-0.1, -0.05) is 0 Å². The minimum absolute atomic E-state index is 0.164. The molecule has 0 spiro atoms. The minimum Gasteiger partial charge on any atom is -0.436 e. The molecule has 21 heavy (non-hydrogen) atoms. The Balaban J connectivity index is 2.02. The fourth-order valence-electron chi connectivity index (χ4n) is 1.90. The molecule has 0 atom stereocenters. The first-order valence-electron chi connectivity index (χ1n) is 6.21. The average molecular weight is 304 g/mol. The van der Waals surface area contributed by atoms with E-state index in [1.807, 2.05) is 0 Å². The number of nitrogens with zero attached hydrogens (tertiary/aromatic N) is 2. The van der Waals surface area contributed by atoms with Crippen LogP contribution in [-0.2, 0) is 0 Å². The zero-order valence-electron chi connectivity index (χ0n) is 10.9. The van der Waals surface area contributed by atoms with E-state index in [0.717, 1.165) is 0 Å². The summed E-state index contributed by atoms with van der Waals surface area (Å²) in [4.78, 5) is 8.53. The van der Waals surface area contributed by atoms with Crippen molar-refractivity contribution in [3.05, 3.63) is 48.3 Å². The number of hydrogen-bond acceptors (Lipinski definition) is 3. The van der Waals surface area contributed by atoms with Gasteiger partial charge in [-0.3, -0.25) is 0 Å². The Morgan fingerprint density at radius 3 is 2.71 bits per heavy atom. The second kappa shape index (κ2) is 5.54. The van der Waals surface area contributed by atoms with Crippen LogP contribution in [0.4, 0.5) is 10.1 Å². The molecule has 0 amide bonds. The Morgan fingerprint density at radius 2 is 2.00 bits per heavy atom.